The predicted molar refractivity (Wildman–Crippen MR) is 78.9 cm³/mol. The minimum Gasteiger partial charge on any atom is -0.189 e. The SMILES string of the molecule is CC[N+]1(OS(=O)(=O)c2ccc(C)cc2)CCC(Cl)CC1. The lowest BCUT2D eigenvalue weighted by molar-refractivity contribution is -1.08. The van der Waals surface area contributed by atoms with E-state index in [2.05, 4.69) is 0 Å². The molecule has 0 atom stereocenters. The largest absolute Gasteiger partial charge is 0.342 e. The fourth-order valence-corrected chi connectivity index (χ4v) is 3.83. The molecule has 0 unspecified atom stereocenters. The highest BCUT2D eigenvalue weighted by atomic mass is 35.5. The number of quaternary nitrogens is 1. The average molecular weight is 319 g/mol. The minimum absolute atomic E-state index is 0.124. The lowest BCUT2D eigenvalue weighted by atomic mass is 10.1. The number of benzene rings is 1. The van der Waals surface area contributed by atoms with Gasteiger partial charge in [0.15, 0.2) is 0 Å². The first-order valence-corrected chi connectivity index (χ1v) is 8.74. The minimum atomic E-state index is -3.74. The lowest BCUT2D eigenvalue weighted by Gasteiger charge is -2.37. The molecule has 2 rings (SSSR count). The van der Waals surface area contributed by atoms with E-state index in [-0.39, 0.29) is 14.9 Å². The van der Waals surface area contributed by atoms with E-state index in [1.807, 2.05) is 13.8 Å². The predicted octanol–water partition coefficient (Wildman–Crippen LogP) is 2.85. The highest BCUT2D eigenvalue weighted by Crippen LogP contribution is 2.27. The van der Waals surface area contributed by atoms with Gasteiger partial charge in [0.2, 0.25) is 0 Å². The molecular formula is C14H21ClNO3S+. The molecule has 1 aromatic rings. The van der Waals surface area contributed by atoms with Crippen LogP contribution in [-0.4, -0.2) is 38.1 Å². The van der Waals surface area contributed by atoms with E-state index in [0.717, 1.165) is 18.4 Å². The highest BCUT2D eigenvalue weighted by Gasteiger charge is 2.39. The van der Waals surface area contributed by atoms with Crippen LogP contribution in [0.3, 0.4) is 0 Å². The van der Waals surface area contributed by atoms with Crippen molar-refractivity contribution in [2.24, 2.45) is 0 Å². The van der Waals surface area contributed by atoms with Crippen LogP contribution < -0.4 is 0 Å². The normalized spacial score (nSPS) is 27.4. The van der Waals surface area contributed by atoms with E-state index >= 15 is 0 Å². The van der Waals surface area contributed by atoms with Crippen molar-refractivity contribution in [1.29, 1.82) is 0 Å². The second kappa shape index (κ2) is 6.02. The zero-order valence-corrected chi connectivity index (χ0v) is 13.5. The number of likely N-dealkylation sites (tertiary alicyclic amines) is 1. The van der Waals surface area contributed by atoms with Crippen LogP contribution in [0.2, 0.25) is 0 Å². The Morgan fingerprint density at radius 3 is 2.30 bits per heavy atom. The number of hydrogen-bond donors (Lipinski definition) is 0. The Balaban J connectivity index is 2.20. The van der Waals surface area contributed by atoms with Crippen LogP contribution in [0, 0.1) is 6.92 Å². The Kier molecular flexibility index (Phi) is 4.74. The van der Waals surface area contributed by atoms with E-state index in [1.165, 1.54) is 0 Å². The Morgan fingerprint density at radius 2 is 1.80 bits per heavy atom. The smallest absolute Gasteiger partial charge is 0.189 e. The molecule has 1 fully saturated rings. The van der Waals surface area contributed by atoms with Gasteiger partial charge in [-0.3, -0.25) is 0 Å². The van der Waals surface area contributed by atoms with Crippen LogP contribution in [-0.2, 0) is 14.4 Å². The molecule has 0 aliphatic carbocycles. The maximum Gasteiger partial charge on any atom is 0.342 e. The van der Waals surface area contributed by atoms with Gasteiger partial charge in [-0.05, 0) is 26.0 Å². The van der Waals surface area contributed by atoms with Gasteiger partial charge in [0, 0.05) is 18.2 Å². The molecule has 1 heterocycles. The summed E-state index contributed by atoms with van der Waals surface area (Å²) in [6.45, 7) is 5.75. The maximum absolute atomic E-state index is 12.4. The Labute approximate surface area is 126 Å². The van der Waals surface area contributed by atoms with Crippen molar-refractivity contribution >= 4 is 21.7 Å². The van der Waals surface area contributed by atoms with E-state index < -0.39 is 10.1 Å². The number of aryl methyl sites for hydroxylation is 1. The average Bonchev–Trinajstić information content (AvgIpc) is 2.42. The molecule has 0 radical (unpaired) electrons. The number of alkyl halides is 1. The van der Waals surface area contributed by atoms with Crippen molar-refractivity contribution in [2.45, 2.75) is 37.0 Å². The number of hydrogen-bond acceptors (Lipinski definition) is 3. The molecule has 0 bridgehead atoms. The van der Waals surface area contributed by atoms with Gasteiger partial charge in [0.05, 0.1) is 4.90 Å². The van der Waals surface area contributed by atoms with Crippen LogP contribution in [0.25, 0.3) is 0 Å². The van der Waals surface area contributed by atoms with Crippen molar-refractivity contribution in [3.05, 3.63) is 29.8 Å². The third kappa shape index (κ3) is 3.52. The molecule has 1 saturated heterocycles. The summed E-state index contributed by atoms with van der Waals surface area (Å²) in [5.74, 6) is 0. The van der Waals surface area contributed by atoms with Gasteiger partial charge in [-0.25, -0.2) is 0 Å². The summed E-state index contributed by atoms with van der Waals surface area (Å²) in [7, 11) is -3.74. The molecule has 0 aromatic heterocycles. The monoisotopic (exact) mass is 318 g/mol. The summed E-state index contributed by atoms with van der Waals surface area (Å²) in [4.78, 5) is 0.210. The van der Waals surface area contributed by atoms with Gasteiger partial charge in [0.25, 0.3) is 0 Å². The Morgan fingerprint density at radius 1 is 1.25 bits per heavy atom. The number of nitrogens with zero attached hydrogens (tertiary/aromatic N) is 1. The third-order valence-electron chi connectivity index (χ3n) is 3.84. The summed E-state index contributed by atoms with van der Waals surface area (Å²) in [6.07, 6.45) is 1.55. The number of piperidine rings is 1. The Hall–Kier alpha value is -0.620. The van der Waals surface area contributed by atoms with Crippen molar-refractivity contribution < 1.29 is 17.3 Å². The van der Waals surface area contributed by atoms with Gasteiger partial charge in [-0.2, -0.15) is 13.1 Å². The first-order chi connectivity index (χ1) is 9.37. The third-order valence-corrected chi connectivity index (χ3v) is 5.64. The highest BCUT2D eigenvalue weighted by molar-refractivity contribution is 7.86. The second-order valence-electron chi connectivity index (χ2n) is 5.34. The first kappa shape index (κ1) is 15.8. The summed E-state index contributed by atoms with van der Waals surface area (Å²) >= 11 is 6.09. The van der Waals surface area contributed by atoms with Crippen molar-refractivity contribution in [3.8, 4) is 0 Å². The zero-order chi connectivity index (χ0) is 14.8. The van der Waals surface area contributed by atoms with Gasteiger partial charge >= 0.3 is 10.1 Å². The van der Waals surface area contributed by atoms with Crippen molar-refractivity contribution in [2.75, 3.05) is 19.6 Å². The molecule has 20 heavy (non-hydrogen) atoms. The fraction of sp³-hybridized carbons (Fsp3) is 0.571. The molecule has 4 nitrogen and oxygen atoms in total. The van der Waals surface area contributed by atoms with Crippen LogP contribution in [0.1, 0.15) is 25.3 Å². The molecular weight excluding hydrogens is 298 g/mol. The summed E-state index contributed by atoms with van der Waals surface area (Å²) in [5.41, 5.74) is 1.02. The zero-order valence-electron chi connectivity index (χ0n) is 11.9. The van der Waals surface area contributed by atoms with Gasteiger partial charge in [0.1, 0.15) is 19.6 Å². The van der Waals surface area contributed by atoms with E-state index in [4.69, 9.17) is 15.9 Å². The first-order valence-electron chi connectivity index (χ1n) is 6.90. The maximum atomic E-state index is 12.4. The van der Waals surface area contributed by atoms with Crippen LogP contribution in [0.5, 0.6) is 0 Å². The molecule has 0 saturated carbocycles. The molecule has 112 valence electrons. The van der Waals surface area contributed by atoms with Gasteiger partial charge in [-0.15, -0.1) is 11.6 Å². The van der Waals surface area contributed by atoms with Crippen LogP contribution in [0.4, 0.5) is 0 Å². The second-order valence-corrected chi connectivity index (χ2v) is 7.48. The van der Waals surface area contributed by atoms with Crippen molar-refractivity contribution in [3.63, 3.8) is 0 Å². The standard InChI is InChI=1S/C14H21ClNO3S/c1-3-16(10-8-13(15)9-11-16)19-20(17,18)14-6-4-12(2)5-7-14/h4-7,13H,3,8-11H2,1-2H3/q+1. The topological polar surface area (TPSA) is 43.4 Å². The van der Waals surface area contributed by atoms with E-state index in [0.29, 0.717) is 19.6 Å². The summed E-state index contributed by atoms with van der Waals surface area (Å²) < 4.78 is 30.5. The molecule has 0 amide bonds. The molecule has 0 N–H and O–H groups in total. The van der Waals surface area contributed by atoms with Crippen LogP contribution >= 0.6 is 11.6 Å². The molecule has 1 aliphatic heterocycles. The molecule has 1 aromatic carbocycles. The lowest BCUT2D eigenvalue weighted by Crippen LogP contribution is -2.54. The summed E-state index contributed by atoms with van der Waals surface area (Å²) in [6, 6.07) is 6.73. The Bertz CT molecular complexity index is 548. The quantitative estimate of drug-likeness (QED) is 0.633. The number of rotatable bonds is 4. The summed E-state index contributed by atoms with van der Waals surface area (Å²) in [5, 5.41) is 0.124. The van der Waals surface area contributed by atoms with Gasteiger partial charge in [-0.1, -0.05) is 22.0 Å². The number of halogens is 1. The van der Waals surface area contributed by atoms with Crippen LogP contribution in [0.15, 0.2) is 29.2 Å². The molecule has 6 heteroatoms. The van der Waals surface area contributed by atoms with E-state index in [9.17, 15) is 8.42 Å². The molecule has 1 aliphatic rings. The van der Waals surface area contributed by atoms with Gasteiger partial charge < -0.3 is 0 Å². The molecule has 0 spiro atoms. The van der Waals surface area contributed by atoms with Crippen molar-refractivity contribution in [1.82, 2.24) is 0 Å². The number of hydroxylamine groups is 3. The fourth-order valence-electron chi connectivity index (χ4n) is 2.41. The van der Waals surface area contributed by atoms with E-state index in [1.54, 1.807) is 24.3 Å².